The second kappa shape index (κ2) is 13.6. The lowest BCUT2D eigenvalue weighted by atomic mass is 10.0. The summed E-state index contributed by atoms with van der Waals surface area (Å²) in [6.45, 7) is 7.28. The summed E-state index contributed by atoms with van der Waals surface area (Å²) in [6.07, 6.45) is 6.47. The highest BCUT2D eigenvalue weighted by Crippen LogP contribution is 2.33. The molecule has 1 aromatic carbocycles. The molecular weight excluding hydrogens is 708 g/mol. The number of amides is 3. The number of fused-ring (bicyclic) bond motifs is 2. The Morgan fingerprint density at radius 1 is 1.04 bits per heavy atom. The molecule has 2 saturated heterocycles. The van der Waals surface area contributed by atoms with Gasteiger partial charge < -0.3 is 15.1 Å². The molecule has 5 aromatic rings. The molecule has 0 saturated carbocycles. The minimum Gasteiger partial charge on any atom is -0.352 e. The van der Waals surface area contributed by atoms with Crippen LogP contribution in [0.2, 0.25) is 0 Å². The van der Waals surface area contributed by atoms with Gasteiger partial charge in [-0.2, -0.15) is 14.3 Å². The Morgan fingerprint density at radius 2 is 1.85 bits per heavy atom. The number of piperazine rings is 1. The van der Waals surface area contributed by atoms with E-state index in [1.165, 1.54) is 23.4 Å². The van der Waals surface area contributed by atoms with Gasteiger partial charge in [-0.05, 0) is 44.0 Å². The molecule has 53 heavy (non-hydrogen) atoms. The molecule has 2 N–H and O–H groups in total. The van der Waals surface area contributed by atoms with E-state index in [1.807, 2.05) is 10.7 Å². The molecule has 7 heterocycles. The largest absolute Gasteiger partial charge is 0.352 e. The van der Waals surface area contributed by atoms with Gasteiger partial charge in [0.2, 0.25) is 22.7 Å². The third-order valence-corrected chi connectivity index (χ3v) is 10.3. The van der Waals surface area contributed by atoms with Gasteiger partial charge in [0, 0.05) is 81.3 Å². The number of nitrogens with one attached hydrogen (secondary N) is 2. The number of imide groups is 1. The van der Waals surface area contributed by atoms with Crippen LogP contribution in [0.5, 0.6) is 0 Å². The summed E-state index contributed by atoms with van der Waals surface area (Å²) < 4.78 is 40.7. The molecule has 19 heteroatoms. The van der Waals surface area contributed by atoms with Crippen LogP contribution in [0.25, 0.3) is 22.3 Å². The van der Waals surface area contributed by atoms with Crippen molar-refractivity contribution in [3.05, 3.63) is 71.6 Å². The van der Waals surface area contributed by atoms with Crippen LogP contribution in [0.15, 0.2) is 49.1 Å². The van der Waals surface area contributed by atoms with Gasteiger partial charge in [0.05, 0.1) is 28.9 Å². The predicted molar refractivity (Wildman–Crippen MR) is 190 cm³/mol. The molecule has 0 spiro atoms. The Kier molecular flexibility index (Phi) is 8.81. The topological polar surface area (TPSA) is 193 Å². The van der Waals surface area contributed by atoms with Crippen molar-refractivity contribution in [2.75, 3.05) is 36.4 Å². The number of hydrogen-bond acceptors (Lipinski definition) is 13. The molecular formula is C34H35FN12O5S. The molecule has 8 rings (SSSR count). The van der Waals surface area contributed by atoms with Crippen molar-refractivity contribution in [3.8, 4) is 11.4 Å². The number of hydrogen-bond donors (Lipinski definition) is 3. The molecule has 3 amide bonds. The maximum atomic E-state index is 15.4. The van der Waals surface area contributed by atoms with Crippen molar-refractivity contribution < 1.29 is 27.2 Å². The highest BCUT2D eigenvalue weighted by Gasteiger charge is 2.39. The van der Waals surface area contributed by atoms with Crippen molar-refractivity contribution in [1.82, 2.24) is 49.0 Å². The van der Waals surface area contributed by atoms with Crippen LogP contribution in [0, 0.1) is 5.82 Å². The van der Waals surface area contributed by atoms with Gasteiger partial charge in [-0.1, -0.05) is 0 Å². The third kappa shape index (κ3) is 6.56. The van der Waals surface area contributed by atoms with E-state index in [4.69, 9.17) is 5.10 Å². The number of piperidine rings is 1. The van der Waals surface area contributed by atoms with E-state index < -0.39 is 34.6 Å². The van der Waals surface area contributed by atoms with Crippen molar-refractivity contribution >= 4 is 57.0 Å². The Bertz CT molecular complexity index is 2360. The smallest absolute Gasteiger partial charge is 0.255 e. The first-order chi connectivity index (χ1) is 25.5. The average Bonchev–Trinajstić information content (AvgIpc) is 3.86. The molecule has 0 radical (unpaired) electrons. The first-order valence-corrected chi connectivity index (χ1v) is 18.3. The zero-order valence-electron chi connectivity index (χ0n) is 28.8. The average molecular weight is 743 g/mol. The summed E-state index contributed by atoms with van der Waals surface area (Å²) in [5, 5.41) is 15.2. The fourth-order valence-electron chi connectivity index (χ4n) is 7.05. The van der Waals surface area contributed by atoms with Crippen LogP contribution in [0.4, 0.5) is 21.8 Å². The van der Waals surface area contributed by atoms with Gasteiger partial charge in [-0.25, -0.2) is 27.8 Å². The van der Waals surface area contributed by atoms with Crippen LogP contribution in [-0.4, -0.2) is 102 Å². The summed E-state index contributed by atoms with van der Waals surface area (Å²) in [5.41, 5.74) is 2.75. The number of benzene rings is 1. The minimum atomic E-state index is -2.89. The van der Waals surface area contributed by atoms with E-state index in [1.54, 1.807) is 24.5 Å². The first kappa shape index (κ1) is 34.3. The highest BCUT2D eigenvalue weighted by atomic mass is 32.2. The van der Waals surface area contributed by atoms with Gasteiger partial charge in [0.1, 0.15) is 23.5 Å². The molecule has 3 aliphatic heterocycles. The number of pyridine rings is 1. The zero-order valence-corrected chi connectivity index (χ0v) is 29.7. The van der Waals surface area contributed by atoms with Crippen LogP contribution >= 0.6 is 0 Å². The van der Waals surface area contributed by atoms with E-state index in [9.17, 15) is 22.8 Å². The predicted octanol–water partition coefficient (Wildman–Crippen LogP) is 2.01. The molecule has 0 aliphatic carbocycles. The van der Waals surface area contributed by atoms with Crippen molar-refractivity contribution in [1.29, 1.82) is 0 Å². The zero-order chi connectivity index (χ0) is 37.0. The second-order valence-electron chi connectivity index (χ2n) is 13.5. The fourth-order valence-corrected chi connectivity index (χ4v) is 7.40. The molecule has 3 aliphatic rings. The SMILES string of the molecule is CC(C)n1nc(N2CCN(Cc3cc4c(cc3F)C(=O)N(C3CCC(=O)NC3=O)C4)CC2)c2cnc(Nc3ccnc(-c4cnn([SH](=O)=O)c4)n3)cc21. The maximum Gasteiger partial charge on any atom is 0.255 e. The number of halogens is 1. The second-order valence-corrected chi connectivity index (χ2v) is 14.4. The summed E-state index contributed by atoms with van der Waals surface area (Å²) in [6, 6.07) is 5.89. The molecule has 1 unspecified atom stereocenters. The van der Waals surface area contributed by atoms with E-state index in [2.05, 4.69) is 54.3 Å². The van der Waals surface area contributed by atoms with Crippen molar-refractivity contribution in [2.45, 2.75) is 51.9 Å². The lowest BCUT2D eigenvalue weighted by Gasteiger charge is -2.35. The van der Waals surface area contributed by atoms with E-state index in [-0.39, 0.29) is 36.9 Å². The highest BCUT2D eigenvalue weighted by molar-refractivity contribution is 7.70. The van der Waals surface area contributed by atoms with E-state index in [0.717, 1.165) is 20.8 Å². The molecule has 0 bridgehead atoms. The van der Waals surface area contributed by atoms with Crippen molar-refractivity contribution in [2.24, 2.45) is 0 Å². The fraction of sp³-hybridized carbons (Fsp3) is 0.353. The number of carbonyl (C=O) groups excluding carboxylic acids is 3. The van der Waals surface area contributed by atoms with Crippen LogP contribution in [-0.2, 0) is 33.6 Å². The summed E-state index contributed by atoms with van der Waals surface area (Å²) in [4.78, 5) is 56.3. The van der Waals surface area contributed by atoms with E-state index >= 15 is 4.39 Å². The van der Waals surface area contributed by atoms with Gasteiger partial charge in [-0.3, -0.25) is 29.3 Å². The van der Waals surface area contributed by atoms with Gasteiger partial charge in [0.25, 0.3) is 5.91 Å². The van der Waals surface area contributed by atoms with Crippen LogP contribution < -0.4 is 15.5 Å². The number of thiol groups is 1. The summed E-state index contributed by atoms with van der Waals surface area (Å²) >= 11 is 0. The van der Waals surface area contributed by atoms with Gasteiger partial charge in [0.15, 0.2) is 11.6 Å². The van der Waals surface area contributed by atoms with Gasteiger partial charge in [-0.15, -0.1) is 0 Å². The van der Waals surface area contributed by atoms with Crippen molar-refractivity contribution in [3.63, 3.8) is 0 Å². The number of nitrogens with zero attached hydrogens (tertiary/aromatic N) is 10. The summed E-state index contributed by atoms with van der Waals surface area (Å²) in [7, 11) is -2.89. The van der Waals surface area contributed by atoms with Crippen LogP contribution in [0.3, 0.4) is 0 Å². The molecule has 4 aromatic heterocycles. The number of carbonyl (C=O) groups is 3. The quantitative estimate of drug-likeness (QED) is 0.147. The maximum absolute atomic E-state index is 15.4. The Hall–Kier alpha value is -5.82. The molecule has 2 fully saturated rings. The first-order valence-electron chi connectivity index (χ1n) is 17.1. The molecule has 274 valence electrons. The number of aromatic nitrogens is 7. The van der Waals surface area contributed by atoms with Crippen LogP contribution in [0.1, 0.15) is 54.2 Å². The number of anilines is 3. The lowest BCUT2D eigenvalue weighted by Crippen LogP contribution is -2.52. The standard InChI is InChI=1S/C34H35FN12O5S/c1-19(2)47-27-13-29(39-28-5-6-36-31(40-28)22-14-38-46(18-22)53(51)52)37-15-24(27)32(42-47)44-9-7-43(8-10-44)16-21-11-20-17-45(34(50)23(20)12-25(21)35)26-3-4-30(48)41-33(26)49/h5-6,11-15,18-19,26,53H,3-4,7-10,16-17H2,1-2H3,(H,41,48,49)(H,36,37,39,40). The Balaban J connectivity index is 0.948. The number of rotatable bonds is 9. The monoisotopic (exact) mass is 742 g/mol. The minimum absolute atomic E-state index is 0.0538. The normalized spacial score (nSPS) is 18.1. The van der Waals surface area contributed by atoms with Gasteiger partial charge >= 0.3 is 0 Å². The Labute approximate surface area is 303 Å². The third-order valence-electron chi connectivity index (χ3n) is 9.72. The lowest BCUT2D eigenvalue weighted by molar-refractivity contribution is -0.136. The molecule has 1 atom stereocenters. The Morgan fingerprint density at radius 3 is 2.58 bits per heavy atom. The summed E-state index contributed by atoms with van der Waals surface area (Å²) in [5.74, 6) is 0.398. The molecule has 17 nitrogen and oxygen atoms in total. The van der Waals surface area contributed by atoms with E-state index in [0.29, 0.717) is 66.9 Å².